The van der Waals surface area contributed by atoms with Gasteiger partial charge in [0.15, 0.2) is 0 Å². The summed E-state index contributed by atoms with van der Waals surface area (Å²) in [6.07, 6.45) is 5.10. The van der Waals surface area contributed by atoms with Crippen molar-refractivity contribution < 1.29 is 9.63 Å². The molecule has 0 bridgehead atoms. The van der Waals surface area contributed by atoms with Crippen LogP contribution in [0.3, 0.4) is 0 Å². The third-order valence-electron chi connectivity index (χ3n) is 2.57. The highest BCUT2D eigenvalue weighted by Crippen LogP contribution is 2.21. The topological polar surface area (TPSA) is 67.3 Å². The summed E-state index contributed by atoms with van der Waals surface area (Å²) >= 11 is 0. The molecule has 16 heavy (non-hydrogen) atoms. The van der Waals surface area contributed by atoms with Crippen molar-refractivity contribution in [3.05, 3.63) is 18.5 Å². The van der Waals surface area contributed by atoms with Crippen molar-refractivity contribution in [1.82, 2.24) is 15.4 Å². The van der Waals surface area contributed by atoms with Crippen LogP contribution in [-0.4, -0.2) is 35.6 Å². The fourth-order valence-corrected chi connectivity index (χ4v) is 1.89. The Labute approximate surface area is 93.6 Å². The van der Waals surface area contributed by atoms with Gasteiger partial charge in [-0.2, -0.15) is 0 Å². The van der Waals surface area contributed by atoms with Gasteiger partial charge in [-0.25, -0.2) is 15.4 Å². The minimum Gasteiger partial charge on any atom is -0.329 e. The summed E-state index contributed by atoms with van der Waals surface area (Å²) in [4.78, 5) is 26.5. The summed E-state index contributed by atoms with van der Waals surface area (Å²) in [5, 5.41) is 0. The maximum absolute atomic E-state index is 11.7. The molecule has 6 nitrogen and oxygen atoms in total. The van der Waals surface area contributed by atoms with E-state index in [1.807, 2.05) is 4.90 Å². The number of hydrogen-bond acceptors (Lipinski definition) is 5. The van der Waals surface area contributed by atoms with Crippen molar-refractivity contribution in [2.45, 2.75) is 18.9 Å². The van der Waals surface area contributed by atoms with Gasteiger partial charge in [0.25, 0.3) is 5.91 Å². The minimum absolute atomic E-state index is 0.146. The van der Waals surface area contributed by atoms with E-state index < -0.39 is 0 Å². The monoisotopic (exact) mass is 222 g/mol. The van der Waals surface area contributed by atoms with Gasteiger partial charge in [0.2, 0.25) is 5.95 Å². The first-order chi connectivity index (χ1) is 7.83. The van der Waals surface area contributed by atoms with Crippen LogP contribution >= 0.6 is 0 Å². The van der Waals surface area contributed by atoms with E-state index in [1.54, 1.807) is 18.5 Å². The minimum atomic E-state index is -0.234. The van der Waals surface area contributed by atoms with Gasteiger partial charge >= 0.3 is 0 Å². The van der Waals surface area contributed by atoms with Crippen LogP contribution in [0.1, 0.15) is 12.8 Å². The molecule has 1 fully saturated rings. The Morgan fingerprint density at radius 1 is 1.56 bits per heavy atom. The lowest BCUT2D eigenvalue weighted by molar-refractivity contribution is -0.132. The van der Waals surface area contributed by atoms with Gasteiger partial charge in [0, 0.05) is 18.9 Å². The quantitative estimate of drug-likeness (QED) is 0.736. The lowest BCUT2D eigenvalue weighted by atomic mass is 10.2. The van der Waals surface area contributed by atoms with Crippen LogP contribution in [0.15, 0.2) is 18.5 Å². The molecule has 0 saturated carbocycles. The molecule has 1 aliphatic heterocycles. The number of rotatable bonds is 3. The van der Waals surface area contributed by atoms with Gasteiger partial charge in [-0.15, -0.1) is 0 Å². The standard InChI is InChI=1S/C10H14N4O2/c1-16-13-9(15)8-4-2-7-14(8)10-11-5-3-6-12-10/h3,5-6,8H,2,4,7H2,1H3,(H,13,15). The predicted molar refractivity (Wildman–Crippen MR) is 57.6 cm³/mol. The molecule has 1 aromatic heterocycles. The molecule has 2 rings (SSSR count). The molecule has 0 aromatic carbocycles. The Kier molecular flexibility index (Phi) is 3.31. The normalized spacial score (nSPS) is 19.8. The van der Waals surface area contributed by atoms with E-state index in [0.29, 0.717) is 5.95 Å². The number of hydroxylamine groups is 1. The average Bonchev–Trinajstić information content (AvgIpc) is 2.79. The fraction of sp³-hybridized carbons (Fsp3) is 0.500. The van der Waals surface area contributed by atoms with Crippen molar-refractivity contribution in [1.29, 1.82) is 0 Å². The Hall–Kier alpha value is -1.69. The third-order valence-corrected chi connectivity index (χ3v) is 2.57. The van der Waals surface area contributed by atoms with Crippen molar-refractivity contribution in [2.75, 3.05) is 18.6 Å². The van der Waals surface area contributed by atoms with Gasteiger partial charge in [-0.1, -0.05) is 0 Å². The number of anilines is 1. The molecule has 1 aliphatic rings. The van der Waals surface area contributed by atoms with Crippen LogP contribution in [-0.2, 0) is 9.63 Å². The van der Waals surface area contributed by atoms with E-state index >= 15 is 0 Å². The van der Waals surface area contributed by atoms with E-state index in [-0.39, 0.29) is 11.9 Å². The van der Waals surface area contributed by atoms with Gasteiger partial charge in [-0.05, 0) is 18.9 Å². The number of amides is 1. The second kappa shape index (κ2) is 4.89. The van der Waals surface area contributed by atoms with E-state index in [0.717, 1.165) is 19.4 Å². The van der Waals surface area contributed by atoms with Crippen LogP contribution < -0.4 is 10.4 Å². The molecular weight excluding hydrogens is 208 g/mol. The maximum atomic E-state index is 11.7. The average molecular weight is 222 g/mol. The molecule has 1 saturated heterocycles. The molecule has 1 N–H and O–H groups in total. The smallest absolute Gasteiger partial charge is 0.266 e. The second-order valence-electron chi connectivity index (χ2n) is 3.57. The van der Waals surface area contributed by atoms with Gasteiger partial charge in [-0.3, -0.25) is 9.63 Å². The Morgan fingerprint density at radius 2 is 2.31 bits per heavy atom. The van der Waals surface area contributed by atoms with Gasteiger partial charge < -0.3 is 4.90 Å². The van der Waals surface area contributed by atoms with Crippen LogP contribution in [0, 0.1) is 0 Å². The van der Waals surface area contributed by atoms with Crippen molar-refractivity contribution in [3.63, 3.8) is 0 Å². The van der Waals surface area contributed by atoms with E-state index in [4.69, 9.17) is 0 Å². The summed E-state index contributed by atoms with van der Waals surface area (Å²) in [7, 11) is 1.43. The molecule has 1 unspecified atom stereocenters. The van der Waals surface area contributed by atoms with E-state index in [2.05, 4.69) is 20.3 Å². The molecule has 86 valence electrons. The first-order valence-electron chi connectivity index (χ1n) is 5.19. The van der Waals surface area contributed by atoms with Crippen LogP contribution in [0.4, 0.5) is 5.95 Å². The number of carbonyl (C=O) groups is 1. The zero-order valence-electron chi connectivity index (χ0n) is 9.09. The summed E-state index contributed by atoms with van der Waals surface area (Å²) in [5.41, 5.74) is 2.35. The SMILES string of the molecule is CONC(=O)C1CCCN1c1ncccn1. The Balaban J connectivity index is 2.12. The Morgan fingerprint density at radius 3 is 3.00 bits per heavy atom. The third kappa shape index (κ3) is 2.11. The molecule has 1 aromatic rings. The molecule has 0 spiro atoms. The zero-order chi connectivity index (χ0) is 11.4. The van der Waals surface area contributed by atoms with Crippen molar-refractivity contribution in [3.8, 4) is 0 Å². The van der Waals surface area contributed by atoms with Crippen LogP contribution in [0.25, 0.3) is 0 Å². The zero-order valence-corrected chi connectivity index (χ0v) is 9.09. The van der Waals surface area contributed by atoms with Crippen molar-refractivity contribution in [2.24, 2.45) is 0 Å². The maximum Gasteiger partial charge on any atom is 0.266 e. The lowest BCUT2D eigenvalue weighted by Gasteiger charge is -2.22. The number of nitrogens with one attached hydrogen (secondary N) is 1. The molecule has 0 radical (unpaired) electrons. The number of hydrogen-bond donors (Lipinski definition) is 1. The van der Waals surface area contributed by atoms with Crippen LogP contribution in [0.2, 0.25) is 0 Å². The molecule has 2 heterocycles. The van der Waals surface area contributed by atoms with E-state index in [9.17, 15) is 4.79 Å². The molecule has 1 amide bonds. The van der Waals surface area contributed by atoms with Gasteiger partial charge in [0.1, 0.15) is 6.04 Å². The highest BCUT2D eigenvalue weighted by Gasteiger charge is 2.32. The number of aromatic nitrogens is 2. The van der Waals surface area contributed by atoms with Crippen molar-refractivity contribution >= 4 is 11.9 Å². The second-order valence-corrected chi connectivity index (χ2v) is 3.57. The highest BCUT2D eigenvalue weighted by molar-refractivity contribution is 5.84. The Bertz CT molecular complexity index is 357. The summed E-state index contributed by atoms with van der Waals surface area (Å²) < 4.78 is 0. The highest BCUT2D eigenvalue weighted by atomic mass is 16.6. The van der Waals surface area contributed by atoms with Gasteiger partial charge in [0.05, 0.1) is 7.11 Å². The summed E-state index contributed by atoms with van der Waals surface area (Å²) in [6, 6.07) is 1.52. The van der Waals surface area contributed by atoms with E-state index in [1.165, 1.54) is 7.11 Å². The molecule has 0 aliphatic carbocycles. The number of carbonyl (C=O) groups excluding carboxylic acids is 1. The summed E-state index contributed by atoms with van der Waals surface area (Å²) in [6.45, 7) is 0.797. The van der Waals surface area contributed by atoms with Crippen LogP contribution in [0.5, 0.6) is 0 Å². The largest absolute Gasteiger partial charge is 0.329 e. The molecule has 1 atom stereocenters. The summed E-state index contributed by atoms with van der Waals surface area (Å²) in [5.74, 6) is 0.448. The fourth-order valence-electron chi connectivity index (χ4n) is 1.89. The lowest BCUT2D eigenvalue weighted by Crippen LogP contribution is -2.43. The predicted octanol–water partition coefficient (Wildman–Crippen LogP) is 0.123. The number of nitrogens with zero attached hydrogens (tertiary/aromatic N) is 3. The molecular formula is C10H14N4O2. The first-order valence-corrected chi connectivity index (χ1v) is 5.19. The first kappa shape index (κ1) is 10.8. The molecule has 6 heteroatoms.